The third-order valence-corrected chi connectivity index (χ3v) is 8.29. The third kappa shape index (κ3) is 2.14. The van der Waals surface area contributed by atoms with Crippen LogP contribution in [0.25, 0.3) is 5.70 Å². The van der Waals surface area contributed by atoms with E-state index in [9.17, 15) is 4.79 Å². The highest BCUT2D eigenvalue weighted by atomic mass is 16.1. The first-order chi connectivity index (χ1) is 12.5. The van der Waals surface area contributed by atoms with Crippen LogP contribution in [0.5, 0.6) is 0 Å². The smallest absolute Gasteiger partial charge is 0.220 e. The van der Waals surface area contributed by atoms with Gasteiger partial charge in [-0.25, -0.2) is 4.98 Å². The molecule has 3 fully saturated rings. The largest absolute Gasteiger partial charge is 0.356 e. The number of imidazole rings is 1. The average molecular weight is 351 g/mol. The Morgan fingerprint density at radius 2 is 2.08 bits per heavy atom. The second-order valence-electron chi connectivity index (χ2n) is 9.31. The molecule has 1 amide bonds. The molecular formula is C22H29N3O. The molecular weight excluding hydrogens is 322 g/mol. The summed E-state index contributed by atoms with van der Waals surface area (Å²) in [6, 6.07) is 0. The molecule has 0 radical (unpaired) electrons. The maximum atomic E-state index is 12.0. The summed E-state index contributed by atoms with van der Waals surface area (Å²) >= 11 is 0. The minimum absolute atomic E-state index is 0.143. The summed E-state index contributed by atoms with van der Waals surface area (Å²) in [5.74, 6) is 2.27. The minimum Gasteiger partial charge on any atom is -0.356 e. The number of carbonyl (C=O) groups is 1. The van der Waals surface area contributed by atoms with E-state index < -0.39 is 0 Å². The van der Waals surface area contributed by atoms with Gasteiger partial charge in [0.25, 0.3) is 0 Å². The third-order valence-electron chi connectivity index (χ3n) is 8.29. The number of rotatable bonds is 1. The minimum atomic E-state index is 0.143. The van der Waals surface area contributed by atoms with E-state index >= 15 is 0 Å². The predicted molar refractivity (Wildman–Crippen MR) is 102 cm³/mol. The molecule has 0 bridgehead atoms. The van der Waals surface area contributed by atoms with Crippen molar-refractivity contribution in [2.75, 3.05) is 6.54 Å². The van der Waals surface area contributed by atoms with Gasteiger partial charge in [-0.05, 0) is 61.3 Å². The Balaban J connectivity index is 1.47. The standard InChI is InChI=1S/C22H29N3O/c1-21-10-8-20(26)24-13-15(21)3-4-16-17-5-6-19(25-12-11-23-14-25)22(17,2)9-7-18(16)21/h5-6,11-12,14-16,18H,3-4,7-10,13H2,1-2H3,(H,24,26)/t15-,16-,18-,21-,22-/m0/s1. The molecule has 5 atom stereocenters. The van der Waals surface area contributed by atoms with Gasteiger partial charge in [0.15, 0.2) is 0 Å². The first kappa shape index (κ1) is 16.3. The number of carbonyl (C=O) groups excluding carboxylic acids is 1. The van der Waals surface area contributed by atoms with E-state index in [1.807, 2.05) is 12.5 Å². The van der Waals surface area contributed by atoms with Crippen LogP contribution < -0.4 is 5.32 Å². The van der Waals surface area contributed by atoms with Crippen molar-refractivity contribution >= 4 is 11.6 Å². The summed E-state index contributed by atoms with van der Waals surface area (Å²) in [6.07, 6.45) is 17.3. The molecule has 0 aromatic carbocycles. The van der Waals surface area contributed by atoms with Crippen LogP contribution in [0.4, 0.5) is 0 Å². The first-order valence-corrected chi connectivity index (χ1v) is 10.2. The highest BCUT2D eigenvalue weighted by Gasteiger charge is 2.55. The summed E-state index contributed by atoms with van der Waals surface area (Å²) in [4.78, 5) is 16.3. The van der Waals surface area contributed by atoms with Crippen molar-refractivity contribution in [1.29, 1.82) is 0 Å². The molecule has 0 spiro atoms. The Morgan fingerprint density at radius 1 is 1.19 bits per heavy atom. The maximum Gasteiger partial charge on any atom is 0.220 e. The van der Waals surface area contributed by atoms with Crippen LogP contribution in [0.2, 0.25) is 0 Å². The Hall–Kier alpha value is -1.84. The monoisotopic (exact) mass is 351 g/mol. The molecule has 4 aliphatic rings. The first-order valence-electron chi connectivity index (χ1n) is 10.2. The van der Waals surface area contributed by atoms with Crippen LogP contribution in [0.3, 0.4) is 0 Å². The molecule has 138 valence electrons. The Morgan fingerprint density at radius 3 is 2.88 bits per heavy atom. The van der Waals surface area contributed by atoms with Gasteiger partial charge in [0.05, 0.1) is 6.33 Å². The van der Waals surface area contributed by atoms with Crippen molar-refractivity contribution in [2.45, 2.75) is 52.4 Å². The summed E-state index contributed by atoms with van der Waals surface area (Å²) in [6.45, 7) is 5.80. The lowest BCUT2D eigenvalue weighted by molar-refractivity contribution is -0.121. The lowest BCUT2D eigenvalue weighted by Gasteiger charge is -2.56. The van der Waals surface area contributed by atoms with Gasteiger partial charge in [-0.15, -0.1) is 0 Å². The zero-order chi connectivity index (χ0) is 17.9. The van der Waals surface area contributed by atoms with E-state index in [-0.39, 0.29) is 11.3 Å². The van der Waals surface area contributed by atoms with Crippen molar-refractivity contribution in [3.05, 3.63) is 36.4 Å². The number of nitrogens with one attached hydrogen (secondary N) is 1. The fraction of sp³-hybridized carbons (Fsp3) is 0.636. The topological polar surface area (TPSA) is 46.9 Å². The van der Waals surface area contributed by atoms with Gasteiger partial charge in [-0.2, -0.15) is 0 Å². The fourth-order valence-electron chi connectivity index (χ4n) is 6.72. The molecule has 1 N–H and O–H groups in total. The quantitative estimate of drug-likeness (QED) is 0.830. The molecule has 2 saturated carbocycles. The van der Waals surface area contributed by atoms with E-state index in [2.05, 4.69) is 47.1 Å². The zero-order valence-electron chi connectivity index (χ0n) is 15.9. The second-order valence-corrected chi connectivity index (χ2v) is 9.31. The van der Waals surface area contributed by atoms with Crippen molar-refractivity contribution in [3.63, 3.8) is 0 Å². The lowest BCUT2D eigenvalue weighted by atomic mass is 9.48. The SMILES string of the molecule is C[C@]12CC[C@H]3[C@@H](CC[C@H]4CNC(=O)CC[C@@]43C)C1=CC=C2n1ccnc1. The van der Waals surface area contributed by atoms with Gasteiger partial charge in [0.1, 0.15) is 0 Å². The average Bonchev–Trinajstić information content (AvgIpc) is 3.22. The Kier molecular flexibility index (Phi) is 3.51. The van der Waals surface area contributed by atoms with Crippen LogP contribution in [0.15, 0.2) is 36.4 Å². The zero-order valence-corrected chi connectivity index (χ0v) is 15.9. The molecule has 2 heterocycles. The van der Waals surface area contributed by atoms with E-state index in [0.717, 1.165) is 13.0 Å². The van der Waals surface area contributed by atoms with Crippen molar-refractivity contribution in [1.82, 2.24) is 14.9 Å². The predicted octanol–water partition coefficient (Wildman–Crippen LogP) is 4.02. The Labute approximate surface area is 155 Å². The molecule has 3 aliphatic carbocycles. The number of hydrogen-bond acceptors (Lipinski definition) is 2. The Bertz CT molecular complexity index is 792. The number of aromatic nitrogens is 2. The molecule has 5 rings (SSSR count). The molecule has 4 nitrogen and oxygen atoms in total. The number of hydrogen-bond donors (Lipinski definition) is 1. The molecule has 26 heavy (non-hydrogen) atoms. The van der Waals surface area contributed by atoms with Crippen LogP contribution >= 0.6 is 0 Å². The summed E-state index contributed by atoms with van der Waals surface area (Å²) < 4.78 is 2.20. The van der Waals surface area contributed by atoms with Crippen LogP contribution in [0, 0.1) is 28.6 Å². The summed E-state index contributed by atoms with van der Waals surface area (Å²) in [5, 5.41) is 3.17. The molecule has 1 aliphatic heterocycles. The van der Waals surface area contributed by atoms with E-state index in [1.54, 1.807) is 5.57 Å². The van der Waals surface area contributed by atoms with Crippen molar-refractivity contribution in [3.8, 4) is 0 Å². The van der Waals surface area contributed by atoms with E-state index in [4.69, 9.17) is 0 Å². The van der Waals surface area contributed by atoms with Crippen molar-refractivity contribution in [2.24, 2.45) is 28.6 Å². The molecule has 4 heteroatoms. The van der Waals surface area contributed by atoms with Gasteiger partial charge in [0, 0.05) is 36.5 Å². The van der Waals surface area contributed by atoms with Crippen molar-refractivity contribution < 1.29 is 4.79 Å². The highest BCUT2D eigenvalue weighted by Crippen LogP contribution is 2.64. The molecule has 1 saturated heterocycles. The highest BCUT2D eigenvalue weighted by molar-refractivity contribution is 5.76. The van der Waals surface area contributed by atoms with Gasteiger partial charge in [-0.3, -0.25) is 4.79 Å². The summed E-state index contributed by atoms with van der Waals surface area (Å²) in [7, 11) is 0. The van der Waals surface area contributed by atoms with Crippen LogP contribution in [-0.2, 0) is 4.79 Å². The van der Waals surface area contributed by atoms with Gasteiger partial charge in [0.2, 0.25) is 5.91 Å². The number of allylic oxidation sites excluding steroid dienone is 4. The second kappa shape index (κ2) is 5.58. The number of nitrogens with zero attached hydrogens (tertiary/aromatic N) is 2. The van der Waals surface area contributed by atoms with Gasteiger partial charge >= 0.3 is 0 Å². The molecule has 1 aromatic rings. The van der Waals surface area contributed by atoms with Crippen LogP contribution in [0.1, 0.15) is 52.4 Å². The fourth-order valence-corrected chi connectivity index (χ4v) is 6.72. The molecule has 1 aromatic heterocycles. The van der Waals surface area contributed by atoms with Gasteiger partial charge in [-0.1, -0.05) is 25.5 Å². The van der Waals surface area contributed by atoms with E-state index in [0.29, 0.717) is 29.6 Å². The number of fused-ring (bicyclic) bond motifs is 5. The van der Waals surface area contributed by atoms with Crippen LogP contribution in [-0.4, -0.2) is 22.0 Å². The maximum absolute atomic E-state index is 12.0. The normalized spacial score (nSPS) is 41.9. The van der Waals surface area contributed by atoms with Gasteiger partial charge < -0.3 is 9.88 Å². The van der Waals surface area contributed by atoms with E-state index in [1.165, 1.54) is 31.4 Å². The lowest BCUT2D eigenvalue weighted by Crippen LogP contribution is -2.50. The number of amides is 1. The summed E-state index contributed by atoms with van der Waals surface area (Å²) in [5.41, 5.74) is 3.46. The molecule has 0 unspecified atom stereocenters.